The van der Waals surface area contributed by atoms with Crippen LogP contribution in [0.1, 0.15) is 11.1 Å². The van der Waals surface area contributed by atoms with E-state index >= 15 is 0 Å². The maximum atomic E-state index is 7.33. The minimum Gasteiger partial charge on any atom is -0.359 e. The van der Waals surface area contributed by atoms with E-state index in [1.807, 2.05) is 33.6 Å². The van der Waals surface area contributed by atoms with Crippen LogP contribution in [0.15, 0.2) is 48.7 Å². The summed E-state index contributed by atoms with van der Waals surface area (Å²) in [6.45, 7) is 10.1. The molecule has 4 aromatic rings. The summed E-state index contributed by atoms with van der Waals surface area (Å²) in [5, 5.41) is 9.84. The molecule has 1 aliphatic rings. The zero-order valence-electron chi connectivity index (χ0n) is 15.1. The molecule has 136 valence electrons. The minimum absolute atomic E-state index is 0.398. The van der Waals surface area contributed by atoms with Gasteiger partial charge in [0.05, 0.1) is 29.3 Å². The summed E-state index contributed by atoms with van der Waals surface area (Å²) in [5.74, 6) is 0.398. The van der Waals surface area contributed by atoms with Gasteiger partial charge in [0.25, 0.3) is 5.82 Å². The van der Waals surface area contributed by atoms with Gasteiger partial charge < -0.3 is 4.85 Å². The van der Waals surface area contributed by atoms with E-state index in [0.29, 0.717) is 17.5 Å². The maximum Gasteiger partial charge on any atom is 0.296 e. The molecule has 0 spiro atoms. The zero-order chi connectivity index (χ0) is 19.3. The van der Waals surface area contributed by atoms with Gasteiger partial charge in [0, 0.05) is 17.3 Å². The summed E-state index contributed by atoms with van der Waals surface area (Å²) >= 11 is 5.97. The minimum atomic E-state index is 0.398. The molecule has 6 nitrogen and oxygen atoms in total. The molecule has 0 radical (unpaired) electrons. The molecule has 0 saturated carbocycles. The molecule has 5 rings (SSSR count). The predicted molar refractivity (Wildman–Crippen MR) is 108 cm³/mol. The number of rotatable bonds is 2. The third-order valence-electron chi connectivity index (χ3n) is 5.03. The first-order chi connectivity index (χ1) is 13.7. The highest BCUT2D eigenvalue weighted by atomic mass is 35.5. The topological polar surface area (TPSA) is 52.9 Å². The van der Waals surface area contributed by atoms with Crippen LogP contribution in [0.5, 0.6) is 0 Å². The quantitative estimate of drug-likeness (QED) is 0.365. The van der Waals surface area contributed by atoms with E-state index in [0.717, 1.165) is 45.9 Å². The molecule has 1 aromatic carbocycles. The normalized spacial score (nSPS) is 12.3. The third kappa shape index (κ3) is 2.52. The second-order valence-electron chi connectivity index (χ2n) is 6.72. The first-order valence-corrected chi connectivity index (χ1v) is 9.29. The van der Waals surface area contributed by atoms with Crippen molar-refractivity contribution in [2.75, 3.05) is 0 Å². The number of aromatic nitrogens is 5. The van der Waals surface area contributed by atoms with Gasteiger partial charge in [0.2, 0.25) is 0 Å². The molecule has 0 saturated heterocycles. The van der Waals surface area contributed by atoms with E-state index in [2.05, 4.69) is 34.0 Å². The largest absolute Gasteiger partial charge is 0.359 e. The van der Waals surface area contributed by atoms with Crippen molar-refractivity contribution in [3.05, 3.63) is 76.4 Å². The van der Waals surface area contributed by atoms with Crippen molar-refractivity contribution in [2.45, 2.75) is 19.9 Å². The summed E-state index contributed by atoms with van der Waals surface area (Å²) in [4.78, 5) is 7.73. The summed E-state index contributed by atoms with van der Waals surface area (Å²) in [7, 11) is 0. The van der Waals surface area contributed by atoms with Crippen molar-refractivity contribution in [1.29, 1.82) is 0 Å². The second-order valence-corrected chi connectivity index (χ2v) is 7.10. The van der Waals surface area contributed by atoms with Crippen LogP contribution >= 0.6 is 11.6 Å². The fraction of sp³-hybridized carbons (Fsp3) is 0.143. The number of halogens is 1. The van der Waals surface area contributed by atoms with E-state index in [4.69, 9.17) is 23.3 Å². The fourth-order valence-corrected chi connectivity index (χ4v) is 3.82. The predicted octanol–water partition coefficient (Wildman–Crippen LogP) is 4.87. The molecular formula is C21H15ClN6. The van der Waals surface area contributed by atoms with Gasteiger partial charge in [-0.05, 0) is 48.3 Å². The number of pyridine rings is 1. The molecule has 1 aliphatic heterocycles. The molecular weight excluding hydrogens is 372 g/mol. The zero-order valence-corrected chi connectivity index (χ0v) is 15.9. The molecule has 7 heteroatoms. The van der Waals surface area contributed by atoms with Crippen LogP contribution in [0.4, 0.5) is 5.82 Å². The molecule has 0 atom stereocenters. The van der Waals surface area contributed by atoms with Crippen molar-refractivity contribution in [2.24, 2.45) is 0 Å². The summed E-state index contributed by atoms with van der Waals surface area (Å²) in [6, 6.07) is 13.7. The Hall–Kier alpha value is -3.43. The average molecular weight is 387 g/mol. The highest BCUT2D eigenvalue weighted by Crippen LogP contribution is 2.39. The monoisotopic (exact) mass is 386 g/mol. The average Bonchev–Trinajstić information content (AvgIpc) is 3.30. The van der Waals surface area contributed by atoms with Crippen LogP contribution in [-0.4, -0.2) is 24.5 Å². The molecule has 0 bridgehead atoms. The summed E-state index contributed by atoms with van der Waals surface area (Å²) in [6.07, 6.45) is 2.54. The highest BCUT2D eigenvalue weighted by molar-refractivity contribution is 6.29. The molecule has 0 amide bonds. The number of benzene rings is 1. The molecule has 0 N–H and O–H groups in total. The van der Waals surface area contributed by atoms with E-state index < -0.39 is 0 Å². The van der Waals surface area contributed by atoms with Gasteiger partial charge in [0.15, 0.2) is 0 Å². The Morgan fingerprint density at radius 2 is 2.00 bits per heavy atom. The van der Waals surface area contributed by atoms with Gasteiger partial charge >= 0.3 is 0 Å². The molecule has 4 heterocycles. The van der Waals surface area contributed by atoms with Crippen LogP contribution in [0, 0.1) is 13.5 Å². The smallest absolute Gasteiger partial charge is 0.296 e. The van der Waals surface area contributed by atoms with E-state index in [9.17, 15) is 0 Å². The van der Waals surface area contributed by atoms with Crippen molar-refractivity contribution in [1.82, 2.24) is 24.5 Å². The summed E-state index contributed by atoms with van der Waals surface area (Å²) < 4.78 is 3.87. The lowest BCUT2D eigenvalue weighted by Gasteiger charge is -2.16. The Kier molecular flexibility index (Phi) is 3.78. The molecule has 0 aliphatic carbocycles. The van der Waals surface area contributed by atoms with E-state index in [1.54, 1.807) is 12.3 Å². The van der Waals surface area contributed by atoms with Crippen molar-refractivity contribution in [3.8, 4) is 28.3 Å². The molecule has 3 aromatic heterocycles. The number of para-hydroxylation sites is 1. The van der Waals surface area contributed by atoms with Gasteiger partial charge in [-0.3, -0.25) is 0 Å². The van der Waals surface area contributed by atoms with Crippen LogP contribution in [0.2, 0.25) is 5.15 Å². The Bertz CT molecular complexity index is 1240. The number of nitrogens with zero attached hydrogens (tertiary/aromatic N) is 6. The SMILES string of the molecule is [C-]#[N+]c1cc2n(n1)CCc1c(-c3ccc(Cl)nc3)nn(-c3ccccc3C)c1-2. The Morgan fingerprint density at radius 1 is 1.14 bits per heavy atom. The lowest BCUT2D eigenvalue weighted by Crippen LogP contribution is -2.13. The summed E-state index contributed by atoms with van der Waals surface area (Å²) in [5.41, 5.74) is 6.97. The van der Waals surface area contributed by atoms with Crippen LogP contribution in [0.3, 0.4) is 0 Å². The molecule has 0 unspecified atom stereocenters. The van der Waals surface area contributed by atoms with Gasteiger partial charge in [-0.15, -0.1) is 0 Å². The molecule has 28 heavy (non-hydrogen) atoms. The van der Waals surface area contributed by atoms with Gasteiger partial charge in [0.1, 0.15) is 5.15 Å². The Morgan fingerprint density at radius 3 is 2.75 bits per heavy atom. The maximum absolute atomic E-state index is 7.33. The Balaban J connectivity index is 1.81. The van der Waals surface area contributed by atoms with Crippen molar-refractivity contribution < 1.29 is 0 Å². The molecule has 0 fully saturated rings. The van der Waals surface area contributed by atoms with Crippen molar-refractivity contribution in [3.63, 3.8) is 0 Å². The number of aryl methyl sites for hydroxylation is 2. The van der Waals surface area contributed by atoms with Crippen LogP contribution in [0.25, 0.3) is 33.2 Å². The van der Waals surface area contributed by atoms with E-state index in [-0.39, 0.29) is 0 Å². The standard InChI is InChI=1S/C21H15ClN6/c1-13-5-3-4-6-16(13)28-21-15(9-10-27-17(21)11-19(23-2)25-27)20(26-28)14-7-8-18(22)24-12-14/h3-8,11-12H,9-10H2,1H3. The number of hydrogen-bond donors (Lipinski definition) is 0. The fourth-order valence-electron chi connectivity index (χ4n) is 3.71. The van der Waals surface area contributed by atoms with Gasteiger partial charge in [-0.2, -0.15) is 9.78 Å². The number of fused-ring (bicyclic) bond motifs is 3. The number of hydrogen-bond acceptors (Lipinski definition) is 3. The van der Waals surface area contributed by atoms with Crippen LogP contribution < -0.4 is 0 Å². The van der Waals surface area contributed by atoms with Gasteiger partial charge in [-0.1, -0.05) is 36.4 Å². The van der Waals surface area contributed by atoms with Crippen molar-refractivity contribution >= 4 is 17.4 Å². The Labute approximate surface area is 166 Å². The first-order valence-electron chi connectivity index (χ1n) is 8.91. The van der Waals surface area contributed by atoms with Crippen LogP contribution in [-0.2, 0) is 13.0 Å². The third-order valence-corrected chi connectivity index (χ3v) is 5.25. The van der Waals surface area contributed by atoms with E-state index in [1.165, 1.54) is 0 Å². The lowest BCUT2D eigenvalue weighted by molar-refractivity contribution is 0.607. The second kappa shape index (κ2) is 6.32. The lowest BCUT2D eigenvalue weighted by atomic mass is 10.00. The van der Waals surface area contributed by atoms with Gasteiger partial charge in [-0.25, -0.2) is 9.67 Å². The highest BCUT2D eigenvalue weighted by Gasteiger charge is 2.29. The first kappa shape index (κ1) is 16.7.